The van der Waals surface area contributed by atoms with Crippen LogP contribution in [0.4, 0.5) is 5.69 Å². The molecule has 1 aromatic carbocycles. The number of carbonyl (C=O) groups excluding carboxylic acids is 2. The predicted octanol–water partition coefficient (Wildman–Crippen LogP) is 0.410. The number of carboxylic acid groups (broad SMARTS) is 1. The van der Waals surface area contributed by atoms with Gasteiger partial charge in [-0.05, 0) is 30.2 Å². The van der Waals surface area contributed by atoms with E-state index < -0.39 is 18.4 Å². The zero-order valence-corrected chi connectivity index (χ0v) is 10.5. The van der Waals surface area contributed by atoms with Crippen LogP contribution in [0.25, 0.3) is 0 Å². The first-order chi connectivity index (χ1) is 8.99. The van der Waals surface area contributed by atoms with Gasteiger partial charge in [-0.2, -0.15) is 0 Å². The molecular weight excluding hydrogens is 248 g/mol. The van der Waals surface area contributed by atoms with Gasteiger partial charge in [-0.3, -0.25) is 14.4 Å². The molecule has 6 nitrogen and oxygen atoms in total. The van der Waals surface area contributed by atoms with Crippen LogP contribution in [-0.2, 0) is 16.0 Å². The molecule has 1 heterocycles. The van der Waals surface area contributed by atoms with Gasteiger partial charge in [-0.1, -0.05) is 0 Å². The summed E-state index contributed by atoms with van der Waals surface area (Å²) in [4.78, 5) is 35.2. The van der Waals surface area contributed by atoms with Crippen molar-refractivity contribution in [2.45, 2.75) is 12.8 Å². The highest BCUT2D eigenvalue weighted by atomic mass is 16.4. The number of carboxylic acids is 1. The van der Waals surface area contributed by atoms with Crippen LogP contribution in [0, 0.1) is 0 Å². The summed E-state index contributed by atoms with van der Waals surface area (Å²) in [5.74, 6) is -1.46. The summed E-state index contributed by atoms with van der Waals surface area (Å²) in [6, 6.07) is 5.00. The number of hydrogen-bond acceptors (Lipinski definition) is 3. The van der Waals surface area contributed by atoms with Gasteiger partial charge in [0.2, 0.25) is 5.91 Å². The Morgan fingerprint density at radius 1 is 1.37 bits per heavy atom. The van der Waals surface area contributed by atoms with Gasteiger partial charge in [0.25, 0.3) is 5.91 Å². The monoisotopic (exact) mass is 262 g/mol. The van der Waals surface area contributed by atoms with Crippen LogP contribution in [0.15, 0.2) is 18.2 Å². The first-order valence-electron chi connectivity index (χ1n) is 5.88. The standard InChI is InChI=1S/C13H14N2O4/c1-15-10-4-2-9(13(19)14-7-12(17)18)6-8(10)3-5-11(15)16/h2,4,6H,3,5,7H2,1H3,(H,14,19)(H,17,18). The lowest BCUT2D eigenvalue weighted by atomic mass is 9.99. The Kier molecular flexibility index (Phi) is 3.50. The first kappa shape index (κ1) is 13.1. The Labute approximate surface area is 110 Å². The normalized spacial score (nSPS) is 13.9. The van der Waals surface area contributed by atoms with Crippen molar-refractivity contribution in [3.8, 4) is 0 Å². The molecule has 1 aromatic rings. The zero-order valence-electron chi connectivity index (χ0n) is 10.5. The van der Waals surface area contributed by atoms with Gasteiger partial charge in [-0.25, -0.2) is 0 Å². The summed E-state index contributed by atoms with van der Waals surface area (Å²) < 4.78 is 0. The lowest BCUT2D eigenvalue weighted by Crippen LogP contribution is -2.32. The largest absolute Gasteiger partial charge is 0.480 e. The number of anilines is 1. The number of rotatable bonds is 3. The van der Waals surface area contributed by atoms with E-state index in [1.165, 1.54) is 0 Å². The molecule has 0 fully saturated rings. The molecule has 0 saturated carbocycles. The molecule has 0 radical (unpaired) electrons. The molecule has 0 bridgehead atoms. The van der Waals surface area contributed by atoms with E-state index in [1.54, 1.807) is 30.1 Å². The third-order valence-corrected chi connectivity index (χ3v) is 3.09. The maximum atomic E-state index is 11.7. The van der Waals surface area contributed by atoms with Crippen LogP contribution in [0.3, 0.4) is 0 Å². The molecule has 2 rings (SSSR count). The van der Waals surface area contributed by atoms with Gasteiger partial charge < -0.3 is 15.3 Å². The molecule has 0 unspecified atom stereocenters. The smallest absolute Gasteiger partial charge is 0.322 e. The lowest BCUT2D eigenvalue weighted by molar-refractivity contribution is -0.135. The molecular formula is C13H14N2O4. The third-order valence-electron chi connectivity index (χ3n) is 3.09. The lowest BCUT2D eigenvalue weighted by Gasteiger charge is -2.26. The molecule has 0 atom stereocenters. The number of hydrogen-bond donors (Lipinski definition) is 2. The molecule has 1 aliphatic heterocycles. The summed E-state index contributed by atoms with van der Waals surface area (Å²) >= 11 is 0. The molecule has 0 spiro atoms. The van der Waals surface area contributed by atoms with Crippen LogP contribution in [0.2, 0.25) is 0 Å². The minimum atomic E-state index is -1.09. The molecule has 1 aliphatic rings. The fourth-order valence-electron chi connectivity index (χ4n) is 2.06. The minimum Gasteiger partial charge on any atom is -0.480 e. The summed E-state index contributed by atoms with van der Waals surface area (Å²) in [5, 5.41) is 10.8. The Bertz CT molecular complexity index is 554. The quantitative estimate of drug-likeness (QED) is 0.826. The SMILES string of the molecule is CN1C(=O)CCc2cc(C(=O)NCC(=O)O)ccc21. The maximum Gasteiger partial charge on any atom is 0.322 e. The highest BCUT2D eigenvalue weighted by Gasteiger charge is 2.21. The molecule has 0 aliphatic carbocycles. The molecule has 6 heteroatoms. The van der Waals surface area contributed by atoms with E-state index >= 15 is 0 Å². The van der Waals surface area contributed by atoms with Crippen molar-refractivity contribution in [1.29, 1.82) is 0 Å². The van der Waals surface area contributed by atoms with Gasteiger partial charge in [0, 0.05) is 24.7 Å². The highest BCUT2D eigenvalue weighted by molar-refractivity contribution is 5.99. The Balaban J connectivity index is 2.20. The number of aliphatic carboxylic acids is 1. The molecule has 2 N–H and O–H groups in total. The fourth-order valence-corrected chi connectivity index (χ4v) is 2.06. The Hall–Kier alpha value is -2.37. The van der Waals surface area contributed by atoms with Crippen molar-refractivity contribution < 1.29 is 19.5 Å². The number of nitrogens with zero attached hydrogens (tertiary/aromatic N) is 1. The average Bonchev–Trinajstić information content (AvgIpc) is 2.40. The molecule has 0 aromatic heterocycles. The van der Waals surface area contributed by atoms with E-state index in [4.69, 9.17) is 5.11 Å². The summed E-state index contributed by atoms with van der Waals surface area (Å²) in [7, 11) is 1.70. The number of fused-ring (bicyclic) bond motifs is 1. The van der Waals surface area contributed by atoms with Crippen molar-refractivity contribution in [1.82, 2.24) is 5.32 Å². The van der Waals surface area contributed by atoms with Crippen LogP contribution in [0.5, 0.6) is 0 Å². The van der Waals surface area contributed by atoms with Crippen molar-refractivity contribution in [3.05, 3.63) is 29.3 Å². The summed E-state index contributed by atoms with van der Waals surface area (Å²) in [6.07, 6.45) is 1.02. The second-order valence-corrected chi connectivity index (χ2v) is 4.37. The molecule has 19 heavy (non-hydrogen) atoms. The number of aryl methyl sites for hydroxylation is 1. The Morgan fingerprint density at radius 2 is 2.11 bits per heavy atom. The Morgan fingerprint density at radius 3 is 2.79 bits per heavy atom. The predicted molar refractivity (Wildman–Crippen MR) is 68.1 cm³/mol. The van der Waals surface area contributed by atoms with E-state index in [-0.39, 0.29) is 5.91 Å². The average molecular weight is 262 g/mol. The molecule has 2 amide bonds. The van der Waals surface area contributed by atoms with Gasteiger partial charge in [0.1, 0.15) is 6.54 Å². The fraction of sp³-hybridized carbons (Fsp3) is 0.308. The van der Waals surface area contributed by atoms with E-state index in [0.717, 1.165) is 11.3 Å². The number of carbonyl (C=O) groups is 3. The maximum absolute atomic E-state index is 11.7. The number of nitrogens with one attached hydrogen (secondary N) is 1. The third kappa shape index (κ3) is 2.73. The zero-order chi connectivity index (χ0) is 14.0. The van der Waals surface area contributed by atoms with Crippen molar-refractivity contribution in [2.24, 2.45) is 0 Å². The summed E-state index contributed by atoms with van der Waals surface area (Å²) in [5.41, 5.74) is 2.12. The summed E-state index contributed by atoms with van der Waals surface area (Å²) in [6.45, 7) is -0.408. The van der Waals surface area contributed by atoms with Crippen molar-refractivity contribution in [3.63, 3.8) is 0 Å². The van der Waals surface area contributed by atoms with E-state index in [2.05, 4.69) is 5.32 Å². The van der Waals surface area contributed by atoms with Crippen LogP contribution in [0.1, 0.15) is 22.3 Å². The van der Waals surface area contributed by atoms with E-state index in [9.17, 15) is 14.4 Å². The van der Waals surface area contributed by atoms with Gasteiger partial charge in [0.05, 0.1) is 0 Å². The van der Waals surface area contributed by atoms with E-state index in [1.807, 2.05) is 0 Å². The second-order valence-electron chi connectivity index (χ2n) is 4.37. The van der Waals surface area contributed by atoms with Crippen LogP contribution in [-0.4, -0.2) is 36.5 Å². The first-order valence-corrected chi connectivity index (χ1v) is 5.88. The molecule has 100 valence electrons. The highest BCUT2D eigenvalue weighted by Crippen LogP contribution is 2.27. The van der Waals surface area contributed by atoms with Gasteiger partial charge >= 0.3 is 5.97 Å². The second kappa shape index (κ2) is 5.09. The minimum absolute atomic E-state index is 0.0515. The van der Waals surface area contributed by atoms with Gasteiger partial charge in [0.15, 0.2) is 0 Å². The number of amides is 2. The van der Waals surface area contributed by atoms with E-state index in [0.29, 0.717) is 18.4 Å². The number of benzene rings is 1. The van der Waals surface area contributed by atoms with Crippen LogP contribution >= 0.6 is 0 Å². The van der Waals surface area contributed by atoms with Crippen LogP contribution < -0.4 is 10.2 Å². The topological polar surface area (TPSA) is 86.7 Å². The molecule has 0 saturated heterocycles. The van der Waals surface area contributed by atoms with Crippen molar-refractivity contribution >= 4 is 23.5 Å². The van der Waals surface area contributed by atoms with Crippen molar-refractivity contribution in [2.75, 3.05) is 18.5 Å². The van der Waals surface area contributed by atoms with Gasteiger partial charge in [-0.15, -0.1) is 0 Å².